The first-order valence-electron chi connectivity index (χ1n) is 6.23. The smallest absolute Gasteiger partial charge is 0.124 e. The van der Waals surface area contributed by atoms with Crippen LogP contribution in [0.3, 0.4) is 0 Å². The molecule has 0 atom stereocenters. The molecule has 0 heterocycles. The molecular formula is C16H16BrFS. The van der Waals surface area contributed by atoms with Gasteiger partial charge in [-0.2, -0.15) is 0 Å². The predicted octanol–water partition coefficient (Wildman–Crippen LogP) is 6.00. The van der Waals surface area contributed by atoms with E-state index in [-0.39, 0.29) is 5.82 Å². The van der Waals surface area contributed by atoms with E-state index >= 15 is 0 Å². The Labute approximate surface area is 126 Å². The van der Waals surface area contributed by atoms with E-state index in [4.69, 9.17) is 0 Å². The van der Waals surface area contributed by atoms with Gasteiger partial charge in [-0.3, -0.25) is 0 Å². The maximum Gasteiger partial charge on any atom is 0.124 e. The standard InChI is InChI=1S/C16H16BrFS/c1-11(2)12-4-7-15(8-5-12)19-10-13-3-6-14(18)9-16(13)17/h3-9,11H,10H2,1-2H3. The summed E-state index contributed by atoms with van der Waals surface area (Å²) in [6.07, 6.45) is 0. The highest BCUT2D eigenvalue weighted by atomic mass is 79.9. The Morgan fingerprint density at radius 3 is 2.37 bits per heavy atom. The molecule has 0 radical (unpaired) electrons. The van der Waals surface area contributed by atoms with Crippen LogP contribution >= 0.6 is 27.7 Å². The molecule has 0 bridgehead atoms. The molecule has 0 saturated carbocycles. The SMILES string of the molecule is CC(C)c1ccc(SCc2ccc(F)cc2Br)cc1. The lowest BCUT2D eigenvalue weighted by Crippen LogP contribution is -1.87. The summed E-state index contributed by atoms with van der Waals surface area (Å²) in [7, 11) is 0. The van der Waals surface area contributed by atoms with E-state index in [0.717, 1.165) is 15.8 Å². The molecule has 0 spiro atoms. The molecule has 0 unspecified atom stereocenters. The van der Waals surface area contributed by atoms with E-state index in [1.807, 2.05) is 6.07 Å². The van der Waals surface area contributed by atoms with E-state index in [1.54, 1.807) is 11.8 Å². The largest absolute Gasteiger partial charge is 0.207 e. The second-order valence-corrected chi connectivity index (χ2v) is 6.65. The van der Waals surface area contributed by atoms with Crippen LogP contribution in [0.1, 0.15) is 30.9 Å². The van der Waals surface area contributed by atoms with Gasteiger partial charge >= 0.3 is 0 Å². The molecule has 19 heavy (non-hydrogen) atoms. The van der Waals surface area contributed by atoms with Gasteiger partial charge in [-0.15, -0.1) is 11.8 Å². The van der Waals surface area contributed by atoms with Gasteiger partial charge in [0, 0.05) is 15.1 Å². The Kier molecular flexibility index (Phi) is 5.06. The fraction of sp³-hybridized carbons (Fsp3) is 0.250. The molecule has 0 aliphatic heterocycles. The minimum Gasteiger partial charge on any atom is -0.207 e. The number of rotatable bonds is 4. The molecule has 0 amide bonds. The van der Waals surface area contributed by atoms with Gasteiger partial charge in [0.05, 0.1) is 0 Å². The van der Waals surface area contributed by atoms with Crippen LogP contribution < -0.4 is 0 Å². The summed E-state index contributed by atoms with van der Waals surface area (Å²) in [6.45, 7) is 4.38. The number of halogens is 2. The molecule has 0 fully saturated rings. The molecule has 3 heteroatoms. The van der Waals surface area contributed by atoms with Crippen LogP contribution in [0.25, 0.3) is 0 Å². The van der Waals surface area contributed by atoms with E-state index < -0.39 is 0 Å². The molecule has 100 valence electrons. The van der Waals surface area contributed by atoms with Crippen molar-refractivity contribution in [3.05, 3.63) is 63.9 Å². The highest BCUT2D eigenvalue weighted by Crippen LogP contribution is 2.28. The second kappa shape index (κ2) is 6.58. The fourth-order valence-corrected chi connectivity index (χ4v) is 3.33. The zero-order valence-corrected chi connectivity index (χ0v) is 13.4. The minimum atomic E-state index is -0.207. The molecule has 0 aliphatic carbocycles. The summed E-state index contributed by atoms with van der Waals surface area (Å²) in [5, 5.41) is 0. The molecule has 0 aromatic heterocycles. The first-order valence-corrected chi connectivity index (χ1v) is 8.01. The van der Waals surface area contributed by atoms with E-state index in [9.17, 15) is 4.39 Å². The van der Waals surface area contributed by atoms with Gasteiger partial charge in [0.15, 0.2) is 0 Å². The Morgan fingerprint density at radius 2 is 1.79 bits per heavy atom. The van der Waals surface area contributed by atoms with E-state index in [1.165, 1.54) is 22.6 Å². The first-order chi connectivity index (χ1) is 9.06. The summed E-state index contributed by atoms with van der Waals surface area (Å²) in [5.74, 6) is 1.19. The van der Waals surface area contributed by atoms with Gasteiger partial charge in [-0.25, -0.2) is 4.39 Å². The van der Waals surface area contributed by atoms with Crippen LogP contribution in [-0.2, 0) is 5.75 Å². The van der Waals surface area contributed by atoms with Gasteiger partial charge in [-0.05, 0) is 41.3 Å². The number of hydrogen-bond acceptors (Lipinski definition) is 1. The summed E-state index contributed by atoms with van der Waals surface area (Å²) in [5.41, 5.74) is 2.46. The van der Waals surface area contributed by atoms with Crippen molar-refractivity contribution in [2.24, 2.45) is 0 Å². The van der Waals surface area contributed by atoms with Crippen molar-refractivity contribution in [2.75, 3.05) is 0 Å². The van der Waals surface area contributed by atoms with Crippen molar-refractivity contribution in [1.29, 1.82) is 0 Å². The van der Waals surface area contributed by atoms with Crippen LogP contribution in [-0.4, -0.2) is 0 Å². The lowest BCUT2D eigenvalue weighted by Gasteiger charge is -2.07. The average Bonchev–Trinajstić information content (AvgIpc) is 2.38. The van der Waals surface area contributed by atoms with Crippen molar-refractivity contribution in [3.63, 3.8) is 0 Å². The minimum absolute atomic E-state index is 0.207. The number of thioether (sulfide) groups is 1. The molecule has 0 nitrogen and oxygen atoms in total. The van der Waals surface area contributed by atoms with Crippen molar-refractivity contribution < 1.29 is 4.39 Å². The van der Waals surface area contributed by atoms with Gasteiger partial charge in [0.25, 0.3) is 0 Å². The number of hydrogen-bond donors (Lipinski definition) is 0. The Morgan fingerprint density at radius 1 is 1.11 bits per heavy atom. The molecule has 0 saturated heterocycles. The summed E-state index contributed by atoms with van der Waals surface area (Å²) >= 11 is 5.16. The monoisotopic (exact) mass is 338 g/mol. The quantitative estimate of drug-likeness (QED) is 0.615. The van der Waals surface area contributed by atoms with Crippen LogP contribution in [0, 0.1) is 5.82 Å². The summed E-state index contributed by atoms with van der Waals surface area (Å²) in [6, 6.07) is 13.5. The lowest BCUT2D eigenvalue weighted by atomic mass is 10.0. The van der Waals surface area contributed by atoms with Crippen molar-refractivity contribution in [2.45, 2.75) is 30.4 Å². The molecule has 0 N–H and O–H groups in total. The van der Waals surface area contributed by atoms with Gasteiger partial charge in [0.1, 0.15) is 5.82 Å². The zero-order valence-electron chi connectivity index (χ0n) is 11.0. The maximum absolute atomic E-state index is 13.0. The van der Waals surface area contributed by atoms with Crippen LogP contribution in [0.5, 0.6) is 0 Å². The van der Waals surface area contributed by atoms with E-state index in [0.29, 0.717) is 5.92 Å². The van der Waals surface area contributed by atoms with Crippen molar-refractivity contribution in [1.82, 2.24) is 0 Å². The Balaban J connectivity index is 2.02. The molecule has 0 aliphatic rings. The Hall–Kier alpha value is -0.800. The normalized spacial score (nSPS) is 11.0. The van der Waals surface area contributed by atoms with Crippen molar-refractivity contribution in [3.8, 4) is 0 Å². The number of benzene rings is 2. The van der Waals surface area contributed by atoms with Gasteiger partial charge in [-0.1, -0.05) is 48.0 Å². The van der Waals surface area contributed by atoms with Crippen LogP contribution in [0.4, 0.5) is 4.39 Å². The highest BCUT2D eigenvalue weighted by Gasteiger charge is 2.03. The third-order valence-corrected chi connectivity index (χ3v) is 4.76. The molecule has 2 aromatic carbocycles. The maximum atomic E-state index is 13.0. The summed E-state index contributed by atoms with van der Waals surface area (Å²) < 4.78 is 13.8. The highest BCUT2D eigenvalue weighted by molar-refractivity contribution is 9.10. The van der Waals surface area contributed by atoms with Crippen LogP contribution in [0.15, 0.2) is 51.8 Å². The average molecular weight is 339 g/mol. The molecule has 2 rings (SSSR count). The van der Waals surface area contributed by atoms with Gasteiger partial charge < -0.3 is 0 Å². The fourth-order valence-electron chi connectivity index (χ4n) is 1.75. The molecular weight excluding hydrogens is 323 g/mol. The van der Waals surface area contributed by atoms with Gasteiger partial charge in [0.2, 0.25) is 0 Å². The van der Waals surface area contributed by atoms with E-state index in [2.05, 4.69) is 54.0 Å². The zero-order chi connectivity index (χ0) is 13.8. The lowest BCUT2D eigenvalue weighted by molar-refractivity contribution is 0.626. The predicted molar refractivity (Wildman–Crippen MR) is 84.2 cm³/mol. The summed E-state index contributed by atoms with van der Waals surface area (Å²) in [4.78, 5) is 1.24. The Bertz CT molecular complexity index is 549. The third kappa shape index (κ3) is 4.08. The first kappa shape index (κ1) is 14.6. The van der Waals surface area contributed by atoms with Crippen LogP contribution in [0.2, 0.25) is 0 Å². The topological polar surface area (TPSA) is 0 Å². The third-order valence-electron chi connectivity index (χ3n) is 2.96. The molecule has 2 aromatic rings. The second-order valence-electron chi connectivity index (χ2n) is 4.75. The van der Waals surface area contributed by atoms with Crippen molar-refractivity contribution >= 4 is 27.7 Å².